The number of amides is 1. The van der Waals surface area contributed by atoms with E-state index in [1.54, 1.807) is 44.2 Å². The molecule has 1 amide bonds. The molecule has 2 aliphatic rings. The number of hydrogen-bond donors (Lipinski definition) is 1. The average molecular weight is 643 g/mol. The molecule has 11 heteroatoms. The van der Waals surface area contributed by atoms with Crippen LogP contribution in [0.1, 0.15) is 78.7 Å². The van der Waals surface area contributed by atoms with Crippen LogP contribution in [0.5, 0.6) is 5.75 Å². The van der Waals surface area contributed by atoms with E-state index in [-0.39, 0.29) is 22.5 Å². The van der Waals surface area contributed by atoms with Crippen molar-refractivity contribution < 1.29 is 37.3 Å². The summed E-state index contributed by atoms with van der Waals surface area (Å²) in [5.74, 6) is -0.565. The van der Waals surface area contributed by atoms with Crippen molar-refractivity contribution in [3.05, 3.63) is 87.1 Å². The van der Waals surface area contributed by atoms with Gasteiger partial charge in [0.15, 0.2) is 0 Å². The number of carboxylic acid groups (broad SMARTS) is 1. The molecule has 7 nitrogen and oxygen atoms in total. The van der Waals surface area contributed by atoms with Crippen LogP contribution in [0.2, 0.25) is 5.02 Å². The molecule has 5 rings (SSSR count). The lowest BCUT2D eigenvalue weighted by Crippen LogP contribution is -2.35. The standard InChI is InChI=1S/C34H34ClF3N2O5/c1-18-10-21(12-23(11-18)34(36,37)38)30-19(2)40(32(43)45-30)17-22-15-33(3,4)9-8-24(22)26-14-28(39-16-29(26)44-5)25-7-6-20(31(41)42)13-27(25)35/h6-7,10-14,16,19,30H,8-9,15,17H2,1-5H3,(H,41,42)/t19-,30-/m0/s1. The Balaban J connectivity index is 1.54. The van der Waals surface area contributed by atoms with Crippen molar-refractivity contribution >= 4 is 29.2 Å². The quantitative estimate of drug-likeness (QED) is 0.277. The Bertz CT molecular complexity index is 1700. The minimum absolute atomic E-state index is 0.0576. The number of carboxylic acids is 1. The first-order valence-corrected chi connectivity index (χ1v) is 14.9. The third-order valence-corrected chi connectivity index (χ3v) is 8.90. The fourth-order valence-electron chi connectivity index (χ4n) is 6.24. The van der Waals surface area contributed by atoms with E-state index in [1.807, 2.05) is 6.07 Å². The number of methoxy groups -OCH3 is 1. The third kappa shape index (κ3) is 6.66. The fourth-order valence-corrected chi connectivity index (χ4v) is 6.52. The Labute approximate surface area is 264 Å². The van der Waals surface area contributed by atoms with Gasteiger partial charge in [-0.25, -0.2) is 9.59 Å². The van der Waals surface area contributed by atoms with E-state index < -0.39 is 35.9 Å². The third-order valence-electron chi connectivity index (χ3n) is 8.58. The predicted octanol–water partition coefficient (Wildman–Crippen LogP) is 8.98. The van der Waals surface area contributed by atoms with Crippen molar-refractivity contribution in [3.63, 3.8) is 0 Å². The first kappa shape index (κ1) is 32.3. The van der Waals surface area contributed by atoms with Crippen LogP contribution in [0.15, 0.2) is 54.2 Å². The lowest BCUT2D eigenvalue weighted by atomic mass is 9.72. The van der Waals surface area contributed by atoms with E-state index in [2.05, 4.69) is 18.8 Å². The molecule has 0 bridgehead atoms. The topological polar surface area (TPSA) is 89.0 Å². The summed E-state index contributed by atoms with van der Waals surface area (Å²) in [5.41, 5.74) is 3.76. The maximum Gasteiger partial charge on any atom is 0.416 e. The van der Waals surface area contributed by atoms with Crippen molar-refractivity contribution in [3.8, 4) is 17.0 Å². The Morgan fingerprint density at radius 2 is 1.91 bits per heavy atom. The molecule has 2 aromatic carbocycles. The highest BCUT2D eigenvalue weighted by Gasteiger charge is 2.42. The molecule has 0 radical (unpaired) electrons. The zero-order chi connectivity index (χ0) is 32.8. The van der Waals surface area contributed by atoms with Crippen LogP contribution in [0.25, 0.3) is 16.8 Å². The first-order chi connectivity index (χ1) is 21.1. The van der Waals surface area contributed by atoms with Gasteiger partial charge in [0.1, 0.15) is 11.9 Å². The second-order valence-corrected chi connectivity index (χ2v) is 12.9. The van der Waals surface area contributed by atoms with Crippen LogP contribution < -0.4 is 4.74 Å². The number of halogens is 4. The van der Waals surface area contributed by atoms with Gasteiger partial charge in [-0.3, -0.25) is 9.88 Å². The SMILES string of the molecule is COc1cnc(-c2ccc(C(=O)O)cc2Cl)cc1C1=C(CN2C(=O)O[C@H](c3cc(C)cc(C(F)(F)F)c3)[C@@H]2C)CC(C)(C)CC1. The molecule has 1 aliphatic heterocycles. The predicted molar refractivity (Wildman–Crippen MR) is 164 cm³/mol. The summed E-state index contributed by atoms with van der Waals surface area (Å²) in [5, 5.41) is 9.58. The molecule has 1 fully saturated rings. The second kappa shape index (κ2) is 12.0. The summed E-state index contributed by atoms with van der Waals surface area (Å²) in [7, 11) is 1.55. The Morgan fingerprint density at radius 3 is 2.56 bits per heavy atom. The number of carbonyl (C=O) groups is 2. The molecule has 0 unspecified atom stereocenters. The van der Waals surface area contributed by atoms with Crippen molar-refractivity contribution in [2.24, 2.45) is 5.41 Å². The van der Waals surface area contributed by atoms with E-state index in [0.29, 0.717) is 41.0 Å². The number of alkyl halides is 3. The summed E-state index contributed by atoms with van der Waals surface area (Å²) in [4.78, 5) is 30.8. The number of nitrogens with zero attached hydrogens (tertiary/aromatic N) is 2. The van der Waals surface area contributed by atoms with Crippen molar-refractivity contribution in [2.75, 3.05) is 13.7 Å². The average Bonchev–Trinajstić information content (AvgIpc) is 3.24. The first-order valence-electron chi connectivity index (χ1n) is 14.5. The molecular formula is C34H34ClF3N2O5. The summed E-state index contributed by atoms with van der Waals surface area (Å²) in [6.07, 6.45) is -2.17. The summed E-state index contributed by atoms with van der Waals surface area (Å²) < 4.78 is 52.1. The van der Waals surface area contributed by atoms with Gasteiger partial charge in [0.2, 0.25) is 0 Å². The lowest BCUT2D eigenvalue weighted by molar-refractivity contribution is -0.137. The molecule has 1 N–H and O–H groups in total. The second-order valence-electron chi connectivity index (χ2n) is 12.5. The highest BCUT2D eigenvalue weighted by atomic mass is 35.5. The molecule has 2 heterocycles. The highest BCUT2D eigenvalue weighted by Crippen LogP contribution is 2.46. The number of aromatic nitrogens is 1. The number of ether oxygens (including phenoxy) is 2. The number of aryl methyl sites for hydroxylation is 1. The summed E-state index contributed by atoms with van der Waals surface area (Å²) >= 11 is 6.47. The van der Waals surface area contributed by atoms with E-state index in [1.165, 1.54) is 12.1 Å². The van der Waals surface area contributed by atoms with Crippen molar-refractivity contribution in [1.82, 2.24) is 9.88 Å². The fraction of sp³-hybridized carbons (Fsp3) is 0.382. The van der Waals surface area contributed by atoms with Gasteiger partial charge < -0.3 is 14.6 Å². The molecule has 1 saturated heterocycles. The number of pyridine rings is 1. The van der Waals surface area contributed by atoms with Crippen LogP contribution in [0, 0.1) is 12.3 Å². The van der Waals surface area contributed by atoms with E-state index in [4.69, 9.17) is 21.1 Å². The molecule has 238 valence electrons. The number of allylic oxidation sites excluding steroid dienone is 1. The van der Waals surface area contributed by atoms with Crippen LogP contribution in [0.3, 0.4) is 0 Å². The van der Waals surface area contributed by atoms with Gasteiger partial charge in [0, 0.05) is 17.7 Å². The van der Waals surface area contributed by atoms with Gasteiger partial charge in [-0.05, 0) is 85.6 Å². The molecule has 45 heavy (non-hydrogen) atoms. The van der Waals surface area contributed by atoms with Gasteiger partial charge in [0.05, 0.1) is 41.2 Å². The molecule has 0 spiro atoms. The number of rotatable bonds is 7. The highest BCUT2D eigenvalue weighted by molar-refractivity contribution is 6.33. The van der Waals surface area contributed by atoms with Gasteiger partial charge in [-0.1, -0.05) is 43.1 Å². The number of benzene rings is 2. The maximum atomic E-state index is 13.6. The number of hydrogen-bond acceptors (Lipinski definition) is 5. The van der Waals surface area contributed by atoms with Crippen LogP contribution >= 0.6 is 11.6 Å². The molecule has 3 aromatic rings. The van der Waals surface area contributed by atoms with E-state index in [9.17, 15) is 27.9 Å². The van der Waals surface area contributed by atoms with Gasteiger partial charge in [-0.15, -0.1) is 0 Å². The molecule has 0 saturated carbocycles. The van der Waals surface area contributed by atoms with Crippen LogP contribution in [-0.4, -0.2) is 46.7 Å². The molecule has 1 aromatic heterocycles. The smallest absolute Gasteiger partial charge is 0.416 e. The normalized spacial score (nSPS) is 19.9. The van der Waals surface area contributed by atoms with Crippen LogP contribution in [-0.2, 0) is 10.9 Å². The van der Waals surface area contributed by atoms with Crippen molar-refractivity contribution in [2.45, 2.75) is 65.3 Å². The number of aromatic carboxylic acids is 1. The van der Waals surface area contributed by atoms with Crippen LogP contribution in [0.4, 0.5) is 18.0 Å². The minimum atomic E-state index is -4.52. The Kier molecular flexibility index (Phi) is 8.65. The zero-order valence-corrected chi connectivity index (χ0v) is 26.3. The maximum absolute atomic E-state index is 13.6. The van der Waals surface area contributed by atoms with Crippen molar-refractivity contribution in [1.29, 1.82) is 0 Å². The molecular weight excluding hydrogens is 609 g/mol. The summed E-state index contributed by atoms with van der Waals surface area (Å²) in [6.45, 7) is 7.91. The monoisotopic (exact) mass is 642 g/mol. The number of cyclic esters (lactones) is 1. The molecule has 1 aliphatic carbocycles. The van der Waals surface area contributed by atoms with Gasteiger partial charge >= 0.3 is 18.2 Å². The lowest BCUT2D eigenvalue weighted by Gasteiger charge is -2.36. The zero-order valence-electron chi connectivity index (χ0n) is 25.6. The van der Waals surface area contributed by atoms with E-state index in [0.717, 1.165) is 35.3 Å². The number of carbonyl (C=O) groups excluding carboxylic acids is 1. The minimum Gasteiger partial charge on any atom is -0.495 e. The Morgan fingerprint density at radius 1 is 1.18 bits per heavy atom. The summed E-state index contributed by atoms with van der Waals surface area (Å²) in [6, 6.07) is 9.53. The van der Waals surface area contributed by atoms with Gasteiger partial charge in [0.25, 0.3) is 0 Å². The van der Waals surface area contributed by atoms with E-state index >= 15 is 0 Å². The largest absolute Gasteiger partial charge is 0.495 e. The molecule has 2 atom stereocenters. The van der Waals surface area contributed by atoms with Gasteiger partial charge in [-0.2, -0.15) is 13.2 Å². The Hall–Kier alpha value is -4.05.